The molecule has 0 radical (unpaired) electrons. The lowest BCUT2D eigenvalue weighted by Crippen LogP contribution is -2.05. The molecule has 1 aromatic carbocycles. The minimum Gasteiger partial charge on any atom is -0.493 e. The SMILES string of the molecule is COc1cccc(CNc2ccc(C)nc2C)c1OC. The molecule has 0 aliphatic heterocycles. The van der Waals surface area contributed by atoms with E-state index in [0.717, 1.165) is 34.1 Å². The molecular formula is C16H20N2O2. The Morgan fingerprint density at radius 1 is 1.05 bits per heavy atom. The highest BCUT2D eigenvalue weighted by Gasteiger charge is 2.09. The van der Waals surface area contributed by atoms with Crippen molar-refractivity contribution in [3.8, 4) is 11.5 Å². The van der Waals surface area contributed by atoms with Crippen molar-refractivity contribution in [3.05, 3.63) is 47.3 Å². The van der Waals surface area contributed by atoms with Gasteiger partial charge in [0.25, 0.3) is 0 Å². The third-order valence-electron chi connectivity index (χ3n) is 3.18. The molecule has 2 aromatic rings. The summed E-state index contributed by atoms with van der Waals surface area (Å²) in [5.41, 5.74) is 4.09. The summed E-state index contributed by atoms with van der Waals surface area (Å²) in [7, 11) is 3.29. The summed E-state index contributed by atoms with van der Waals surface area (Å²) >= 11 is 0. The smallest absolute Gasteiger partial charge is 0.165 e. The second-order valence-corrected chi connectivity index (χ2v) is 4.59. The Balaban J connectivity index is 2.18. The van der Waals surface area contributed by atoms with Crippen molar-refractivity contribution in [2.75, 3.05) is 19.5 Å². The zero-order valence-corrected chi connectivity index (χ0v) is 12.4. The van der Waals surface area contributed by atoms with Gasteiger partial charge in [-0.25, -0.2) is 0 Å². The van der Waals surface area contributed by atoms with Gasteiger partial charge >= 0.3 is 0 Å². The first-order valence-electron chi connectivity index (χ1n) is 6.53. The van der Waals surface area contributed by atoms with Crippen LogP contribution in [-0.2, 0) is 6.54 Å². The zero-order valence-electron chi connectivity index (χ0n) is 12.4. The van der Waals surface area contributed by atoms with Crippen LogP contribution in [0.25, 0.3) is 0 Å². The molecule has 1 aromatic heterocycles. The summed E-state index contributed by atoms with van der Waals surface area (Å²) in [4.78, 5) is 4.44. The van der Waals surface area contributed by atoms with Gasteiger partial charge in [-0.15, -0.1) is 0 Å². The van der Waals surface area contributed by atoms with Gasteiger partial charge in [-0.2, -0.15) is 0 Å². The maximum Gasteiger partial charge on any atom is 0.165 e. The predicted octanol–water partition coefficient (Wildman–Crippen LogP) is 3.33. The number of nitrogens with zero attached hydrogens (tertiary/aromatic N) is 1. The van der Waals surface area contributed by atoms with Gasteiger partial charge in [0.1, 0.15) is 0 Å². The van der Waals surface area contributed by atoms with E-state index >= 15 is 0 Å². The Kier molecular flexibility index (Phi) is 4.45. The summed E-state index contributed by atoms with van der Waals surface area (Å²) < 4.78 is 10.7. The number of hydrogen-bond acceptors (Lipinski definition) is 4. The van der Waals surface area contributed by atoms with E-state index in [-0.39, 0.29) is 0 Å². The van der Waals surface area contributed by atoms with E-state index in [4.69, 9.17) is 9.47 Å². The Labute approximate surface area is 119 Å². The number of hydrogen-bond donors (Lipinski definition) is 1. The molecule has 0 bridgehead atoms. The molecule has 0 fully saturated rings. The Hall–Kier alpha value is -2.23. The normalized spacial score (nSPS) is 10.2. The molecule has 20 heavy (non-hydrogen) atoms. The lowest BCUT2D eigenvalue weighted by Gasteiger charge is -2.14. The van der Waals surface area contributed by atoms with Gasteiger partial charge in [0, 0.05) is 17.8 Å². The molecule has 0 amide bonds. The van der Waals surface area contributed by atoms with Gasteiger partial charge in [-0.3, -0.25) is 4.98 Å². The number of methoxy groups -OCH3 is 2. The van der Waals surface area contributed by atoms with Crippen LogP contribution in [0.1, 0.15) is 17.0 Å². The number of aryl methyl sites for hydroxylation is 2. The lowest BCUT2D eigenvalue weighted by atomic mass is 10.1. The van der Waals surface area contributed by atoms with Crippen LogP contribution in [0.3, 0.4) is 0 Å². The highest BCUT2D eigenvalue weighted by molar-refractivity contribution is 5.51. The Morgan fingerprint density at radius 3 is 2.50 bits per heavy atom. The summed E-state index contributed by atoms with van der Waals surface area (Å²) in [5.74, 6) is 1.51. The molecule has 0 saturated carbocycles. The summed E-state index contributed by atoms with van der Waals surface area (Å²) in [6.07, 6.45) is 0. The molecule has 2 rings (SSSR count). The van der Waals surface area contributed by atoms with Crippen LogP contribution < -0.4 is 14.8 Å². The fourth-order valence-electron chi connectivity index (χ4n) is 2.16. The molecule has 1 N–H and O–H groups in total. The van der Waals surface area contributed by atoms with E-state index < -0.39 is 0 Å². The topological polar surface area (TPSA) is 43.4 Å². The second kappa shape index (κ2) is 6.28. The molecule has 4 nitrogen and oxygen atoms in total. The molecule has 4 heteroatoms. The largest absolute Gasteiger partial charge is 0.493 e. The average Bonchev–Trinajstić information content (AvgIpc) is 2.45. The van der Waals surface area contributed by atoms with E-state index in [9.17, 15) is 0 Å². The van der Waals surface area contributed by atoms with Crippen LogP contribution in [0.4, 0.5) is 5.69 Å². The minimum absolute atomic E-state index is 0.659. The lowest BCUT2D eigenvalue weighted by molar-refractivity contribution is 0.352. The summed E-state index contributed by atoms with van der Waals surface area (Å²) in [6, 6.07) is 9.91. The first-order chi connectivity index (χ1) is 9.65. The van der Waals surface area contributed by atoms with E-state index in [1.165, 1.54) is 0 Å². The first-order valence-corrected chi connectivity index (χ1v) is 6.53. The third-order valence-corrected chi connectivity index (χ3v) is 3.18. The number of para-hydroxylation sites is 1. The van der Waals surface area contributed by atoms with Gasteiger partial charge in [0.05, 0.1) is 25.6 Å². The highest BCUT2D eigenvalue weighted by atomic mass is 16.5. The van der Waals surface area contributed by atoms with Crippen LogP contribution in [0.2, 0.25) is 0 Å². The Bertz CT molecular complexity index is 597. The zero-order chi connectivity index (χ0) is 14.5. The van der Waals surface area contributed by atoms with Gasteiger partial charge in [0.15, 0.2) is 11.5 Å². The molecule has 106 valence electrons. The summed E-state index contributed by atoms with van der Waals surface area (Å²) in [5, 5.41) is 3.38. The second-order valence-electron chi connectivity index (χ2n) is 4.59. The van der Waals surface area contributed by atoms with Gasteiger partial charge in [-0.05, 0) is 32.0 Å². The highest BCUT2D eigenvalue weighted by Crippen LogP contribution is 2.31. The number of anilines is 1. The number of ether oxygens (including phenoxy) is 2. The van der Waals surface area contributed by atoms with Gasteiger partial charge in [0.2, 0.25) is 0 Å². The fourth-order valence-corrected chi connectivity index (χ4v) is 2.16. The summed E-state index contributed by atoms with van der Waals surface area (Å²) in [6.45, 7) is 4.64. The molecule has 0 unspecified atom stereocenters. The van der Waals surface area contributed by atoms with Crippen molar-refractivity contribution in [2.45, 2.75) is 20.4 Å². The van der Waals surface area contributed by atoms with Crippen molar-refractivity contribution in [1.82, 2.24) is 4.98 Å². The van der Waals surface area contributed by atoms with E-state index in [1.54, 1.807) is 14.2 Å². The number of rotatable bonds is 5. The van der Waals surface area contributed by atoms with Crippen molar-refractivity contribution < 1.29 is 9.47 Å². The van der Waals surface area contributed by atoms with E-state index in [2.05, 4.69) is 10.3 Å². The maximum absolute atomic E-state index is 5.42. The predicted molar refractivity (Wildman–Crippen MR) is 80.6 cm³/mol. The number of benzene rings is 1. The van der Waals surface area contributed by atoms with Crippen molar-refractivity contribution in [3.63, 3.8) is 0 Å². The van der Waals surface area contributed by atoms with Gasteiger partial charge < -0.3 is 14.8 Å². The Morgan fingerprint density at radius 2 is 1.85 bits per heavy atom. The minimum atomic E-state index is 0.659. The van der Waals surface area contributed by atoms with Crippen LogP contribution in [0, 0.1) is 13.8 Å². The molecule has 0 spiro atoms. The number of pyridine rings is 1. The number of nitrogens with one attached hydrogen (secondary N) is 1. The van der Waals surface area contributed by atoms with Crippen molar-refractivity contribution in [1.29, 1.82) is 0 Å². The molecule has 0 saturated heterocycles. The molecule has 0 atom stereocenters. The standard InChI is InChI=1S/C16H20N2O2/c1-11-8-9-14(12(2)18-11)17-10-13-6-5-7-15(19-3)16(13)20-4/h5-9,17H,10H2,1-4H3. The molecule has 0 aliphatic rings. The average molecular weight is 272 g/mol. The maximum atomic E-state index is 5.42. The number of aromatic nitrogens is 1. The molecular weight excluding hydrogens is 252 g/mol. The molecule has 0 aliphatic carbocycles. The quantitative estimate of drug-likeness (QED) is 0.906. The van der Waals surface area contributed by atoms with Crippen LogP contribution in [0.5, 0.6) is 11.5 Å². The van der Waals surface area contributed by atoms with Crippen molar-refractivity contribution >= 4 is 5.69 Å². The van der Waals surface area contributed by atoms with Crippen LogP contribution in [-0.4, -0.2) is 19.2 Å². The van der Waals surface area contributed by atoms with E-state index in [0.29, 0.717) is 6.54 Å². The fraction of sp³-hybridized carbons (Fsp3) is 0.312. The van der Waals surface area contributed by atoms with Crippen LogP contribution >= 0.6 is 0 Å². The van der Waals surface area contributed by atoms with Gasteiger partial charge in [-0.1, -0.05) is 12.1 Å². The molecule has 1 heterocycles. The van der Waals surface area contributed by atoms with Crippen molar-refractivity contribution in [2.24, 2.45) is 0 Å². The monoisotopic (exact) mass is 272 g/mol. The van der Waals surface area contributed by atoms with Crippen LogP contribution in [0.15, 0.2) is 30.3 Å². The first kappa shape index (κ1) is 14.2. The van der Waals surface area contributed by atoms with E-state index in [1.807, 2.05) is 44.2 Å². The third kappa shape index (κ3) is 3.02.